The van der Waals surface area contributed by atoms with Crippen LogP contribution in [0, 0.1) is 6.92 Å². The molecule has 2 aromatic carbocycles. The van der Waals surface area contributed by atoms with Gasteiger partial charge in [0, 0.05) is 16.1 Å². The van der Waals surface area contributed by atoms with Crippen LogP contribution < -0.4 is 5.32 Å². The fourth-order valence-corrected chi connectivity index (χ4v) is 3.02. The Balaban J connectivity index is 1.66. The van der Waals surface area contributed by atoms with E-state index in [-0.39, 0.29) is 11.7 Å². The summed E-state index contributed by atoms with van der Waals surface area (Å²) in [5.74, 6) is -0.825. The van der Waals surface area contributed by atoms with Crippen LogP contribution in [0.5, 0.6) is 0 Å². The Morgan fingerprint density at radius 2 is 1.96 bits per heavy atom. The fraction of sp³-hybridized carbons (Fsp3) is 0.238. The summed E-state index contributed by atoms with van der Waals surface area (Å²) >= 11 is 5.92. The van der Waals surface area contributed by atoms with E-state index in [1.54, 1.807) is 24.3 Å². The number of carbonyl (C=O) groups excluding carboxylic acids is 2. The maximum absolute atomic E-state index is 12.3. The topological polar surface area (TPSA) is 68.5 Å². The first kappa shape index (κ1) is 19.0. The van der Waals surface area contributed by atoms with Crippen LogP contribution in [-0.4, -0.2) is 18.5 Å². The quantitative estimate of drug-likeness (QED) is 0.604. The predicted molar refractivity (Wildman–Crippen MR) is 105 cm³/mol. The number of fused-ring (bicyclic) bond motifs is 1. The van der Waals surface area contributed by atoms with Crippen molar-refractivity contribution in [1.29, 1.82) is 0 Å². The van der Waals surface area contributed by atoms with Gasteiger partial charge in [0.1, 0.15) is 5.58 Å². The molecule has 0 aliphatic heterocycles. The molecule has 0 saturated carbocycles. The van der Waals surface area contributed by atoms with Crippen LogP contribution >= 0.6 is 11.6 Å². The van der Waals surface area contributed by atoms with Gasteiger partial charge in [-0.2, -0.15) is 0 Å². The molecular formula is C21H20ClNO4. The number of benzene rings is 2. The third-order valence-corrected chi connectivity index (χ3v) is 4.44. The lowest BCUT2D eigenvalue weighted by Gasteiger charge is -2.16. The van der Waals surface area contributed by atoms with Gasteiger partial charge in [0.15, 0.2) is 6.61 Å². The molecule has 1 amide bonds. The Morgan fingerprint density at radius 3 is 2.70 bits per heavy atom. The third kappa shape index (κ3) is 4.31. The fourth-order valence-electron chi connectivity index (χ4n) is 2.83. The van der Waals surface area contributed by atoms with Gasteiger partial charge in [-0.05, 0) is 48.2 Å². The number of hydrogen-bond donors (Lipinski definition) is 1. The Hall–Kier alpha value is -2.79. The molecule has 140 valence electrons. The third-order valence-electron chi connectivity index (χ3n) is 4.21. The first-order valence-electron chi connectivity index (χ1n) is 8.60. The van der Waals surface area contributed by atoms with Crippen LogP contribution in [0.4, 0.5) is 5.69 Å². The molecule has 0 bridgehead atoms. The number of furan rings is 1. The van der Waals surface area contributed by atoms with E-state index in [2.05, 4.69) is 19.2 Å². The second-order valence-electron chi connectivity index (χ2n) is 6.61. The van der Waals surface area contributed by atoms with Crippen LogP contribution in [0.15, 0.2) is 46.9 Å². The highest BCUT2D eigenvalue weighted by molar-refractivity contribution is 6.31. The minimum Gasteiger partial charge on any atom is -0.450 e. The molecule has 27 heavy (non-hydrogen) atoms. The summed E-state index contributed by atoms with van der Waals surface area (Å²) in [5.41, 5.74) is 3.27. The van der Waals surface area contributed by atoms with Crippen molar-refractivity contribution < 1.29 is 18.7 Å². The maximum Gasteiger partial charge on any atom is 0.374 e. The first-order chi connectivity index (χ1) is 12.8. The molecule has 1 aromatic heterocycles. The molecule has 0 aliphatic rings. The van der Waals surface area contributed by atoms with Crippen molar-refractivity contribution in [1.82, 2.24) is 0 Å². The molecule has 5 nitrogen and oxygen atoms in total. The minimum atomic E-state index is -0.702. The molecule has 3 aromatic rings. The zero-order valence-electron chi connectivity index (χ0n) is 15.3. The molecule has 1 N–H and O–H groups in total. The van der Waals surface area contributed by atoms with Gasteiger partial charge < -0.3 is 14.5 Å². The second-order valence-corrected chi connectivity index (χ2v) is 7.05. The lowest BCUT2D eigenvalue weighted by Crippen LogP contribution is -2.22. The molecule has 0 radical (unpaired) electrons. The summed E-state index contributed by atoms with van der Waals surface area (Å²) in [6.45, 7) is 5.63. The summed E-state index contributed by atoms with van der Waals surface area (Å²) in [4.78, 5) is 24.4. The number of anilines is 1. The van der Waals surface area contributed by atoms with Crippen molar-refractivity contribution in [2.24, 2.45) is 0 Å². The van der Waals surface area contributed by atoms with E-state index in [1.807, 2.05) is 25.1 Å². The van der Waals surface area contributed by atoms with Gasteiger partial charge in [-0.3, -0.25) is 4.79 Å². The Kier molecular flexibility index (Phi) is 5.51. The number of esters is 1. The average molecular weight is 386 g/mol. The highest BCUT2D eigenvalue weighted by Gasteiger charge is 2.17. The predicted octanol–water partition coefficient (Wildman–Crippen LogP) is 5.31. The van der Waals surface area contributed by atoms with Crippen molar-refractivity contribution >= 4 is 40.1 Å². The Labute approximate surface area is 162 Å². The van der Waals surface area contributed by atoms with E-state index in [1.165, 1.54) is 0 Å². The molecule has 0 atom stereocenters. The van der Waals surface area contributed by atoms with Gasteiger partial charge in [-0.25, -0.2) is 4.79 Å². The lowest BCUT2D eigenvalue weighted by molar-refractivity contribution is -0.119. The van der Waals surface area contributed by atoms with Crippen molar-refractivity contribution in [3.05, 3.63) is 64.4 Å². The van der Waals surface area contributed by atoms with Gasteiger partial charge >= 0.3 is 5.97 Å². The molecular weight excluding hydrogens is 366 g/mol. The van der Waals surface area contributed by atoms with Crippen LogP contribution in [0.2, 0.25) is 5.02 Å². The summed E-state index contributed by atoms with van der Waals surface area (Å²) in [7, 11) is 0. The number of ether oxygens (including phenoxy) is 1. The van der Waals surface area contributed by atoms with Gasteiger partial charge in [0.05, 0.1) is 0 Å². The highest BCUT2D eigenvalue weighted by atomic mass is 35.5. The number of para-hydroxylation sites is 1. The van der Waals surface area contributed by atoms with Crippen molar-refractivity contribution in [3.8, 4) is 0 Å². The van der Waals surface area contributed by atoms with Gasteiger partial charge in [-0.1, -0.05) is 43.6 Å². The van der Waals surface area contributed by atoms with Gasteiger partial charge in [0.2, 0.25) is 5.76 Å². The number of aryl methyl sites for hydroxylation is 1. The molecule has 0 spiro atoms. The largest absolute Gasteiger partial charge is 0.450 e. The molecule has 6 heteroatoms. The second kappa shape index (κ2) is 7.84. The molecule has 0 aliphatic carbocycles. The normalized spacial score (nSPS) is 11.0. The molecule has 1 heterocycles. The van der Waals surface area contributed by atoms with Crippen molar-refractivity contribution in [2.45, 2.75) is 26.7 Å². The van der Waals surface area contributed by atoms with E-state index in [9.17, 15) is 9.59 Å². The highest BCUT2D eigenvalue weighted by Crippen LogP contribution is 2.27. The summed E-state index contributed by atoms with van der Waals surface area (Å²) in [6, 6.07) is 12.4. The summed E-state index contributed by atoms with van der Waals surface area (Å²) in [6.07, 6.45) is 0. The number of halogens is 1. The zero-order valence-corrected chi connectivity index (χ0v) is 16.1. The van der Waals surface area contributed by atoms with E-state index < -0.39 is 18.5 Å². The zero-order chi connectivity index (χ0) is 19.6. The van der Waals surface area contributed by atoms with E-state index in [0.29, 0.717) is 16.0 Å². The first-order valence-corrected chi connectivity index (χ1v) is 8.98. The van der Waals surface area contributed by atoms with Crippen LogP contribution in [0.3, 0.4) is 0 Å². The number of nitrogens with one attached hydrogen (secondary N) is 1. The maximum atomic E-state index is 12.3. The van der Waals surface area contributed by atoms with Crippen LogP contribution in [-0.2, 0) is 9.53 Å². The number of amides is 1. The van der Waals surface area contributed by atoms with Gasteiger partial charge in [0.25, 0.3) is 5.91 Å². The van der Waals surface area contributed by atoms with Crippen molar-refractivity contribution in [2.75, 3.05) is 11.9 Å². The smallest absolute Gasteiger partial charge is 0.374 e. The Bertz CT molecular complexity index is 1010. The van der Waals surface area contributed by atoms with Gasteiger partial charge in [-0.15, -0.1) is 0 Å². The molecule has 0 fully saturated rings. The molecule has 0 saturated heterocycles. The standard InChI is InChI=1S/C21H20ClNO4/c1-12(2)16-6-4-5-13(3)20(16)23-19(24)11-26-21(25)18-10-14-9-15(22)7-8-17(14)27-18/h4-10,12H,11H2,1-3H3,(H,23,24). The number of hydrogen-bond acceptors (Lipinski definition) is 4. The monoisotopic (exact) mass is 385 g/mol. The molecule has 3 rings (SSSR count). The number of rotatable bonds is 5. The Morgan fingerprint density at radius 1 is 1.19 bits per heavy atom. The number of carbonyl (C=O) groups is 2. The van der Waals surface area contributed by atoms with Crippen LogP contribution in [0.1, 0.15) is 41.4 Å². The van der Waals surface area contributed by atoms with Crippen molar-refractivity contribution in [3.63, 3.8) is 0 Å². The summed E-state index contributed by atoms with van der Waals surface area (Å²) < 4.78 is 10.5. The molecule has 0 unspecified atom stereocenters. The SMILES string of the molecule is Cc1cccc(C(C)C)c1NC(=O)COC(=O)c1cc2cc(Cl)ccc2o1. The summed E-state index contributed by atoms with van der Waals surface area (Å²) in [5, 5.41) is 4.07. The van der Waals surface area contributed by atoms with E-state index in [0.717, 1.165) is 16.8 Å². The van der Waals surface area contributed by atoms with Crippen LogP contribution in [0.25, 0.3) is 11.0 Å². The van der Waals surface area contributed by atoms with E-state index in [4.69, 9.17) is 20.8 Å². The lowest BCUT2D eigenvalue weighted by atomic mass is 9.98. The van der Waals surface area contributed by atoms with E-state index >= 15 is 0 Å². The average Bonchev–Trinajstić information content (AvgIpc) is 3.04. The minimum absolute atomic E-state index is 0.0267.